The van der Waals surface area contributed by atoms with Gasteiger partial charge in [-0.3, -0.25) is 0 Å². The van der Waals surface area contributed by atoms with Crippen LogP contribution in [-0.2, 0) is 7.05 Å². The van der Waals surface area contributed by atoms with E-state index >= 15 is 0 Å². The van der Waals surface area contributed by atoms with Crippen molar-refractivity contribution in [1.29, 1.82) is 0 Å². The Labute approximate surface area is 105 Å². The van der Waals surface area contributed by atoms with Crippen molar-refractivity contribution >= 4 is 18.0 Å². The number of rotatable bonds is 3. The van der Waals surface area contributed by atoms with Gasteiger partial charge < -0.3 is 29.2 Å². The fourth-order valence-corrected chi connectivity index (χ4v) is 1.71. The number of aryl methyl sites for hydroxylation is 1. The van der Waals surface area contributed by atoms with Crippen molar-refractivity contribution in [3.8, 4) is 0 Å². The maximum Gasteiger partial charge on any atom is 0.227 e. The Bertz CT molecular complexity index is 318. The van der Waals surface area contributed by atoms with E-state index in [-0.39, 0.29) is 24.0 Å². The lowest BCUT2D eigenvalue weighted by atomic mass is 10.3. The lowest BCUT2D eigenvalue weighted by Gasteiger charge is -1.97. The molecule has 0 fully saturated rings. The number of thioether (sulfide) groups is 1. The van der Waals surface area contributed by atoms with E-state index in [9.17, 15) is 0 Å². The van der Waals surface area contributed by atoms with Crippen LogP contribution in [-0.4, -0.2) is 17.2 Å². The molecule has 0 aliphatic carbocycles. The topological polar surface area (TPSA) is 36.5 Å². The second kappa shape index (κ2) is 7.05. The predicted molar refractivity (Wildman–Crippen MR) is 53.4 cm³/mol. The predicted octanol–water partition coefficient (Wildman–Crippen LogP) is -1.56. The lowest BCUT2D eigenvalue weighted by Crippen LogP contribution is -3.00. The highest BCUT2D eigenvalue weighted by Crippen LogP contribution is 2.15. The highest BCUT2D eigenvalue weighted by Gasteiger charge is 2.04. The first-order valence-corrected chi connectivity index (χ1v) is 5.06. The average molecular weight is 324 g/mol. The fraction of sp³-hybridized carbons (Fsp3) is 0.333. The van der Waals surface area contributed by atoms with Gasteiger partial charge in [0.15, 0.2) is 6.20 Å². The molecule has 0 aliphatic heterocycles. The van der Waals surface area contributed by atoms with Gasteiger partial charge in [-0.05, 0) is 5.75 Å². The second-order valence-corrected chi connectivity index (χ2v) is 3.91. The Morgan fingerprint density at radius 2 is 2.36 bits per heavy atom. The standard InChI is InChI=1S/C9H12N2OS.HI/c1-3-13-9-4-5-11(2)8(6-9)7-10-12;/h4-7H,3H2,1-2H3;1H. The Morgan fingerprint density at radius 3 is 2.93 bits per heavy atom. The van der Waals surface area contributed by atoms with Crippen LogP contribution in [0.3, 0.4) is 0 Å². The van der Waals surface area contributed by atoms with Crippen molar-refractivity contribution in [1.82, 2.24) is 0 Å². The summed E-state index contributed by atoms with van der Waals surface area (Å²) >= 11 is 1.77. The molecular formula is C9H13IN2OS. The quantitative estimate of drug-likeness (QED) is 0.182. The van der Waals surface area contributed by atoms with E-state index in [2.05, 4.69) is 12.1 Å². The van der Waals surface area contributed by atoms with Crippen LogP contribution < -0.4 is 28.5 Å². The van der Waals surface area contributed by atoms with Crippen molar-refractivity contribution in [2.45, 2.75) is 11.8 Å². The Hall–Kier alpha value is -0.300. The lowest BCUT2D eigenvalue weighted by molar-refractivity contribution is -0.672. The molecule has 1 N–H and O–H groups in total. The molecule has 0 aromatic carbocycles. The van der Waals surface area contributed by atoms with Crippen LogP contribution in [0.15, 0.2) is 28.4 Å². The first kappa shape index (κ1) is 13.7. The average Bonchev–Trinajstić information content (AvgIpc) is 2.12. The highest BCUT2D eigenvalue weighted by molar-refractivity contribution is 7.99. The number of hydrogen-bond acceptors (Lipinski definition) is 3. The van der Waals surface area contributed by atoms with Gasteiger partial charge in [-0.1, -0.05) is 12.1 Å². The second-order valence-electron chi connectivity index (χ2n) is 2.58. The zero-order valence-corrected chi connectivity index (χ0v) is 11.1. The van der Waals surface area contributed by atoms with Gasteiger partial charge in [0.2, 0.25) is 5.69 Å². The summed E-state index contributed by atoms with van der Waals surface area (Å²) in [6, 6.07) is 4.04. The Morgan fingerprint density at radius 1 is 1.64 bits per heavy atom. The van der Waals surface area contributed by atoms with Crippen molar-refractivity contribution in [3.63, 3.8) is 0 Å². The summed E-state index contributed by atoms with van der Waals surface area (Å²) in [5, 5.41) is 11.4. The number of oxime groups is 1. The summed E-state index contributed by atoms with van der Waals surface area (Å²) in [6.45, 7) is 2.11. The summed E-state index contributed by atoms with van der Waals surface area (Å²) in [4.78, 5) is 1.19. The smallest absolute Gasteiger partial charge is 0.227 e. The number of nitrogens with zero attached hydrogens (tertiary/aromatic N) is 2. The van der Waals surface area contributed by atoms with E-state index in [1.165, 1.54) is 11.1 Å². The summed E-state index contributed by atoms with van der Waals surface area (Å²) in [6.07, 6.45) is 3.38. The van der Waals surface area contributed by atoms with Gasteiger partial charge in [-0.2, -0.15) is 0 Å². The molecular weight excluding hydrogens is 311 g/mol. The van der Waals surface area contributed by atoms with E-state index < -0.39 is 0 Å². The van der Waals surface area contributed by atoms with Crippen LogP contribution in [0.25, 0.3) is 0 Å². The van der Waals surface area contributed by atoms with Crippen molar-refractivity contribution in [2.75, 3.05) is 5.75 Å². The summed E-state index contributed by atoms with van der Waals surface area (Å²) < 4.78 is 1.90. The minimum atomic E-state index is 0. The zero-order valence-electron chi connectivity index (χ0n) is 8.14. The molecule has 0 radical (unpaired) electrons. The molecule has 1 rings (SSSR count). The van der Waals surface area contributed by atoms with Gasteiger partial charge in [-0.25, -0.2) is 4.57 Å². The van der Waals surface area contributed by atoms with E-state index in [1.54, 1.807) is 11.8 Å². The van der Waals surface area contributed by atoms with Crippen LogP contribution in [0, 0.1) is 0 Å². The van der Waals surface area contributed by atoms with Crippen LogP contribution in [0.4, 0.5) is 0 Å². The zero-order chi connectivity index (χ0) is 9.68. The molecule has 3 nitrogen and oxygen atoms in total. The molecule has 78 valence electrons. The molecule has 0 saturated heterocycles. The summed E-state index contributed by atoms with van der Waals surface area (Å²) in [5.74, 6) is 1.05. The molecule has 1 aromatic heterocycles. The minimum absolute atomic E-state index is 0. The Kier molecular flexibility index (Phi) is 6.90. The van der Waals surface area contributed by atoms with E-state index in [0.717, 1.165) is 11.4 Å². The number of hydrogen-bond donors (Lipinski definition) is 1. The van der Waals surface area contributed by atoms with Crippen molar-refractivity contribution in [3.05, 3.63) is 24.0 Å². The molecule has 0 aliphatic rings. The maximum absolute atomic E-state index is 8.41. The number of aromatic nitrogens is 1. The molecule has 0 amide bonds. The monoisotopic (exact) mass is 324 g/mol. The van der Waals surface area contributed by atoms with E-state index in [1.807, 2.05) is 29.9 Å². The van der Waals surface area contributed by atoms with Crippen LogP contribution >= 0.6 is 11.8 Å². The molecule has 1 heterocycles. The minimum Gasteiger partial charge on any atom is -1.00 e. The summed E-state index contributed by atoms with van der Waals surface area (Å²) in [5.41, 5.74) is 0.890. The molecule has 1 aromatic rings. The molecule has 0 saturated carbocycles. The van der Waals surface area contributed by atoms with Crippen LogP contribution in [0.1, 0.15) is 12.6 Å². The third kappa shape index (κ3) is 3.83. The molecule has 0 unspecified atom stereocenters. The van der Waals surface area contributed by atoms with Gasteiger partial charge in [0.25, 0.3) is 0 Å². The molecule has 14 heavy (non-hydrogen) atoms. The highest BCUT2D eigenvalue weighted by atomic mass is 127. The van der Waals surface area contributed by atoms with E-state index in [0.29, 0.717) is 0 Å². The molecule has 5 heteroatoms. The third-order valence-electron chi connectivity index (χ3n) is 1.66. The third-order valence-corrected chi connectivity index (χ3v) is 2.54. The number of halogens is 1. The van der Waals surface area contributed by atoms with Crippen molar-refractivity contribution in [2.24, 2.45) is 12.2 Å². The fourth-order valence-electron chi connectivity index (χ4n) is 1.01. The van der Waals surface area contributed by atoms with Gasteiger partial charge >= 0.3 is 0 Å². The first-order valence-electron chi connectivity index (χ1n) is 4.08. The number of pyridine rings is 1. The van der Waals surface area contributed by atoms with Gasteiger partial charge in [0, 0.05) is 17.0 Å². The van der Waals surface area contributed by atoms with Gasteiger partial charge in [0.05, 0.1) is 0 Å². The molecule has 0 atom stereocenters. The summed E-state index contributed by atoms with van der Waals surface area (Å²) in [7, 11) is 1.91. The van der Waals surface area contributed by atoms with Crippen molar-refractivity contribution < 1.29 is 33.8 Å². The largest absolute Gasteiger partial charge is 1.00 e. The van der Waals surface area contributed by atoms with Crippen LogP contribution in [0.2, 0.25) is 0 Å². The normalized spacial score (nSPS) is 10.1. The van der Waals surface area contributed by atoms with Gasteiger partial charge in [0.1, 0.15) is 13.3 Å². The van der Waals surface area contributed by atoms with E-state index in [4.69, 9.17) is 5.21 Å². The Balaban J connectivity index is 0.00000169. The van der Waals surface area contributed by atoms with Gasteiger partial charge in [-0.15, -0.1) is 11.8 Å². The maximum atomic E-state index is 8.41. The molecule has 0 spiro atoms. The molecule has 0 bridgehead atoms. The SMILES string of the molecule is CCSc1cc[n+](C)c(/C=N/O)c1.[I-]. The first-order chi connectivity index (χ1) is 6.27. The van der Waals surface area contributed by atoms with Crippen LogP contribution in [0.5, 0.6) is 0 Å².